The molecule has 2 aromatic rings. The molecule has 5 rings (SSSR count). The minimum Gasteiger partial charge on any atom is -0.378 e. The molecule has 1 aromatic heterocycles. The lowest BCUT2D eigenvalue weighted by molar-refractivity contribution is 0.0737. The van der Waals surface area contributed by atoms with Crippen LogP contribution in [0.15, 0.2) is 18.2 Å². The van der Waals surface area contributed by atoms with Crippen molar-refractivity contribution in [3.8, 4) is 0 Å². The molecule has 3 saturated heterocycles. The molecule has 0 unspecified atom stereocenters. The van der Waals surface area contributed by atoms with Gasteiger partial charge in [0, 0.05) is 51.4 Å². The summed E-state index contributed by atoms with van der Waals surface area (Å²) in [7, 11) is 2.04. The monoisotopic (exact) mass is 355 g/mol. The van der Waals surface area contributed by atoms with Crippen LogP contribution < -0.4 is 10.2 Å². The van der Waals surface area contributed by atoms with Crippen LogP contribution in [-0.2, 0) is 11.8 Å². The number of likely N-dealkylation sites (tertiary alicyclic amines) is 1. The Morgan fingerprint density at radius 1 is 1.23 bits per heavy atom. The minimum absolute atomic E-state index is 0.140. The third-order valence-electron chi connectivity index (χ3n) is 6.10. The Morgan fingerprint density at radius 2 is 2.08 bits per heavy atom. The van der Waals surface area contributed by atoms with E-state index < -0.39 is 0 Å². The first kappa shape index (κ1) is 16.1. The number of fused-ring (bicyclic) bond motifs is 2. The van der Waals surface area contributed by atoms with Crippen LogP contribution in [0.5, 0.6) is 0 Å². The van der Waals surface area contributed by atoms with E-state index in [1.54, 1.807) is 0 Å². The Bertz CT molecular complexity index is 842. The van der Waals surface area contributed by atoms with Crippen LogP contribution in [0.4, 0.5) is 5.95 Å². The number of hydrogen-bond acceptors (Lipinski definition) is 5. The number of carbonyl (C=O) groups excluding carboxylic acids is 1. The van der Waals surface area contributed by atoms with Gasteiger partial charge in [0.2, 0.25) is 5.95 Å². The molecule has 0 aliphatic carbocycles. The fourth-order valence-electron chi connectivity index (χ4n) is 4.63. The molecule has 1 amide bonds. The van der Waals surface area contributed by atoms with Gasteiger partial charge in [-0.2, -0.15) is 0 Å². The molecule has 26 heavy (non-hydrogen) atoms. The van der Waals surface area contributed by atoms with Crippen LogP contribution in [-0.4, -0.2) is 72.3 Å². The average Bonchev–Trinajstić information content (AvgIpc) is 3.36. The summed E-state index contributed by atoms with van der Waals surface area (Å²) >= 11 is 0. The number of anilines is 1. The van der Waals surface area contributed by atoms with Crippen molar-refractivity contribution in [2.24, 2.45) is 13.0 Å². The first-order valence-corrected chi connectivity index (χ1v) is 9.53. The normalized spacial score (nSPS) is 25.9. The second-order valence-corrected chi connectivity index (χ2v) is 7.55. The zero-order valence-corrected chi connectivity index (χ0v) is 15.1. The van der Waals surface area contributed by atoms with Gasteiger partial charge in [-0.05, 0) is 30.5 Å². The minimum atomic E-state index is 0.140. The highest BCUT2D eigenvalue weighted by Gasteiger charge is 2.40. The summed E-state index contributed by atoms with van der Waals surface area (Å²) in [5.41, 5.74) is 2.70. The maximum absolute atomic E-state index is 13.1. The zero-order valence-electron chi connectivity index (χ0n) is 15.1. The number of amides is 1. The number of rotatable bonds is 2. The molecular weight excluding hydrogens is 330 g/mol. The molecule has 7 heteroatoms. The molecule has 3 aliphatic heterocycles. The summed E-state index contributed by atoms with van der Waals surface area (Å²) in [4.78, 5) is 22.2. The number of ether oxygens (including phenoxy) is 1. The van der Waals surface area contributed by atoms with Gasteiger partial charge >= 0.3 is 0 Å². The first-order valence-electron chi connectivity index (χ1n) is 9.53. The van der Waals surface area contributed by atoms with Gasteiger partial charge in [-0.1, -0.05) is 0 Å². The molecular formula is C19H25N5O2. The summed E-state index contributed by atoms with van der Waals surface area (Å²) in [5.74, 6) is 1.71. The van der Waals surface area contributed by atoms with Gasteiger partial charge in [-0.25, -0.2) is 4.98 Å². The third-order valence-corrected chi connectivity index (χ3v) is 6.10. The summed E-state index contributed by atoms with van der Waals surface area (Å²) in [6, 6.07) is 6.29. The van der Waals surface area contributed by atoms with Crippen LogP contribution in [0.3, 0.4) is 0 Å². The number of nitrogens with one attached hydrogen (secondary N) is 1. The molecule has 0 spiro atoms. The van der Waals surface area contributed by atoms with E-state index in [0.717, 1.165) is 74.9 Å². The van der Waals surface area contributed by atoms with Crippen LogP contribution in [0.2, 0.25) is 0 Å². The van der Waals surface area contributed by atoms with E-state index in [9.17, 15) is 4.79 Å². The van der Waals surface area contributed by atoms with E-state index in [0.29, 0.717) is 12.0 Å². The molecule has 1 aromatic carbocycles. The fourth-order valence-corrected chi connectivity index (χ4v) is 4.63. The van der Waals surface area contributed by atoms with Crippen molar-refractivity contribution in [2.75, 3.05) is 50.8 Å². The Hall–Kier alpha value is -2.12. The van der Waals surface area contributed by atoms with E-state index in [4.69, 9.17) is 9.72 Å². The number of hydrogen-bond donors (Lipinski definition) is 1. The van der Waals surface area contributed by atoms with Crippen LogP contribution in [0, 0.1) is 5.92 Å². The highest BCUT2D eigenvalue weighted by atomic mass is 16.5. The quantitative estimate of drug-likeness (QED) is 0.865. The largest absolute Gasteiger partial charge is 0.378 e. The third kappa shape index (κ3) is 2.49. The molecule has 3 fully saturated rings. The fraction of sp³-hybridized carbons (Fsp3) is 0.579. The zero-order chi connectivity index (χ0) is 17.7. The van der Waals surface area contributed by atoms with Crippen molar-refractivity contribution in [1.82, 2.24) is 19.8 Å². The van der Waals surface area contributed by atoms with Crippen molar-refractivity contribution in [3.05, 3.63) is 23.8 Å². The van der Waals surface area contributed by atoms with Crippen LogP contribution in [0.1, 0.15) is 16.8 Å². The van der Waals surface area contributed by atoms with Gasteiger partial charge < -0.3 is 24.4 Å². The maximum atomic E-state index is 13.1. The molecule has 0 radical (unpaired) electrons. The lowest BCUT2D eigenvalue weighted by Gasteiger charge is -2.27. The van der Waals surface area contributed by atoms with Gasteiger partial charge in [0.1, 0.15) is 0 Å². The van der Waals surface area contributed by atoms with Crippen molar-refractivity contribution in [3.63, 3.8) is 0 Å². The van der Waals surface area contributed by atoms with Gasteiger partial charge in [-0.3, -0.25) is 4.79 Å². The predicted octanol–water partition coefficient (Wildman–Crippen LogP) is 0.844. The highest BCUT2D eigenvalue weighted by Crippen LogP contribution is 2.29. The molecule has 4 heterocycles. The van der Waals surface area contributed by atoms with E-state index in [1.807, 2.05) is 25.2 Å². The van der Waals surface area contributed by atoms with E-state index in [1.165, 1.54) is 0 Å². The molecule has 2 atom stereocenters. The van der Waals surface area contributed by atoms with Gasteiger partial charge in [0.15, 0.2) is 0 Å². The van der Waals surface area contributed by atoms with Gasteiger partial charge in [-0.15, -0.1) is 0 Å². The van der Waals surface area contributed by atoms with Gasteiger partial charge in [0.25, 0.3) is 5.91 Å². The number of carbonyl (C=O) groups is 1. The lowest BCUT2D eigenvalue weighted by Crippen LogP contribution is -2.39. The number of nitrogens with zero attached hydrogens (tertiary/aromatic N) is 4. The van der Waals surface area contributed by atoms with Crippen LogP contribution in [0.25, 0.3) is 11.0 Å². The Balaban J connectivity index is 1.45. The lowest BCUT2D eigenvalue weighted by atomic mass is 10.0. The molecule has 3 aliphatic rings. The Kier molecular flexibility index (Phi) is 3.86. The standard InChI is InChI=1S/C19H25N5O2/c1-22-16-3-2-13(18(25)24-5-4-14-11-20-12-17(14)24)10-15(16)21-19(22)23-6-8-26-9-7-23/h2-3,10,14,17,20H,4-9,11-12H2,1H3/t14-,17+/m1/s1. The second kappa shape index (κ2) is 6.25. The van der Waals surface area contributed by atoms with Crippen molar-refractivity contribution < 1.29 is 9.53 Å². The molecule has 1 N–H and O–H groups in total. The van der Waals surface area contributed by atoms with Gasteiger partial charge in [0.05, 0.1) is 24.2 Å². The van der Waals surface area contributed by atoms with Crippen molar-refractivity contribution in [2.45, 2.75) is 12.5 Å². The van der Waals surface area contributed by atoms with E-state index in [-0.39, 0.29) is 5.91 Å². The van der Waals surface area contributed by atoms with Crippen LogP contribution >= 0.6 is 0 Å². The number of aromatic nitrogens is 2. The Morgan fingerprint density at radius 3 is 2.92 bits per heavy atom. The molecule has 7 nitrogen and oxygen atoms in total. The van der Waals surface area contributed by atoms with E-state index in [2.05, 4.69) is 19.7 Å². The first-order chi connectivity index (χ1) is 12.7. The highest BCUT2D eigenvalue weighted by molar-refractivity contribution is 5.98. The predicted molar refractivity (Wildman–Crippen MR) is 99.5 cm³/mol. The SMILES string of the molecule is Cn1c(N2CCOCC2)nc2cc(C(=O)N3CC[C@@H]4CNC[C@@H]43)ccc21. The summed E-state index contributed by atoms with van der Waals surface area (Å²) in [5, 5.41) is 3.41. The summed E-state index contributed by atoms with van der Waals surface area (Å²) in [6.07, 6.45) is 1.11. The number of morpholine rings is 1. The average molecular weight is 355 g/mol. The van der Waals surface area contributed by atoms with Crippen molar-refractivity contribution in [1.29, 1.82) is 0 Å². The molecule has 138 valence electrons. The number of aryl methyl sites for hydroxylation is 1. The summed E-state index contributed by atoms with van der Waals surface area (Å²) in [6.45, 7) is 6.01. The topological polar surface area (TPSA) is 62.6 Å². The van der Waals surface area contributed by atoms with E-state index >= 15 is 0 Å². The molecule has 0 saturated carbocycles. The summed E-state index contributed by atoms with van der Waals surface area (Å²) < 4.78 is 7.56. The Labute approximate surface area is 152 Å². The number of benzene rings is 1. The smallest absolute Gasteiger partial charge is 0.254 e. The second-order valence-electron chi connectivity index (χ2n) is 7.55. The molecule has 0 bridgehead atoms. The number of imidazole rings is 1. The maximum Gasteiger partial charge on any atom is 0.254 e. The van der Waals surface area contributed by atoms with Crippen molar-refractivity contribution >= 4 is 22.9 Å².